The van der Waals surface area contributed by atoms with E-state index in [4.69, 9.17) is 0 Å². The Balaban J connectivity index is 1.60. The first-order chi connectivity index (χ1) is 16.2. The van der Waals surface area contributed by atoms with Gasteiger partial charge in [-0.15, -0.1) is 0 Å². The molecule has 33 heavy (non-hydrogen) atoms. The van der Waals surface area contributed by atoms with Crippen molar-refractivity contribution in [1.82, 2.24) is 9.97 Å². The van der Waals surface area contributed by atoms with E-state index in [1.807, 2.05) is 0 Å². The molecule has 0 aliphatic rings. The lowest BCUT2D eigenvalue weighted by Crippen LogP contribution is -2.06. The monoisotopic (exact) mass is 426 g/mol. The summed E-state index contributed by atoms with van der Waals surface area (Å²) in [5.74, 6) is 0.127. The van der Waals surface area contributed by atoms with Crippen LogP contribution in [0.15, 0.2) is 103 Å². The second-order valence-electron chi connectivity index (χ2n) is 8.84. The molecular formula is C31H26N2. The van der Waals surface area contributed by atoms with Gasteiger partial charge in [0.1, 0.15) is 0 Å². The Labute approximate surface area is 193 Å². The molecule has 0 amide bonds. The van der Waals surface area contributed by atoms with E-state index in [2.05, 4.69) is 127 Å². The Hall–Kier alpha value is -4.04. The molecule has 0 unspecified atom stereocenters. The molecule has 2 nitrogen and oxygen atoms in total. The molecular weight excluding hydrogens is 400 g/mol. The number of aromatic amines is 2. The lowest BCUT2D eigenvalue weighted by atomic mass is 9.82. The van der Waals surface area contributed by atoms with Crippen LogP contribution in [0.5, 0.6) is 0 Å². The van der Waals surface area contributed by atoms with Crippen LogP contribution >= 0.6 is 0 Å². The standard InChI is InChI=1S/C31H26N2/c1-20-29(25-12-6-8-14-27(25)32-20)31(30-21(2)33-28-15-9-7-13-26(28)30)24-18-16-23(17-19-24)22-10-4-3-5-11-22/h3-19,31-33H,1-2H3. The zero-order valence-corrected chi connectivity index (χ0v) is 18.9. The molecule has 0 fully saturated rings. The van der Waals surface area contributed by atoms with Crippen LogP contribution in [0, 0.1) is 13.8 Å². The van der Waals surface area contributed by atoms with Crippen LogP contribution in [0.25, 0.3) is 32.9 Å². The van der Waals surface area contributed by atoms with Crippen LogP contribution in [0.3, 0.4) is 0 Å². The molecule has 0 spiro atoms. The summed E-state index contributed by atoms with van der Waals surface area (Å²) in [6.45, 7) is 4.40. The van der Waals surface area contributed by atoms with Gasteiger partial charge in [-0.1, -0.05) is 91.0 Å². The number of H-pyrrole nitrogens is 2. The highest BCUT2D eigenvalue weighted by Gasteiger charge is 2.27. The minimum Gasteiger partial charge on any atom is -0.358 e. The summed E-state index contributed by atoms with van der Waals surface area (Å²) in [4.78, 5) is 7.27. The summed E-state index contributed by atoms with van der Waals surface area (Å²) in [6.07, 6.45) is 0. The first-order valence-corrected chi connectivity index (χ1v) is 11.5. The molecule has 160 valence electrons. The Morgan fingerprint density at radius 1 is 0.485 bits per heavy atom. The predicted molar refractivity (Wildman–Crippen MR) is 139 cm³/mol. The van der Waals surface area contributed by atoms with E-state index in [0.717, 1.165) is 0 Å². The van der Waals surface area contributed by atoms with E-state index in [9.17, 15) is 0 Å². The van der Waals surface area contributed by atoms with Gasteiger partial charge in [0.2, 0.25) is 0 Å². The molecule has 2 N–H and O–H groups in total. The van der Waals surface area contributed by atoms with E-state index < -0.39 is 0 Å². The fourth-order valence-electron chi connectivity index (χ4n) is 5.32. The molecule has 0 aliphatic heterocycles. The Kier molecular flexibility index (Phi) is 4.66. The van der Waals surface area contributed by atoms with Crippen molar-refractivity contribution in [2.75, 3.05) is 0 Å². The van der Waals surface area contributed by atoms with E-state index in [1.165, 1.54) is 61.0 Å². The van der Waals surface area contributed by atoms with Crippen molar-refractivity contribution in [1.29, 1.82) is 0 Å². The summed E-state index contributed by atoms with van der Waals surface area (Å²) in [5.41, 5.74) is 11.3. The zero-order valence-electron chi connectivity index (χ0n) is 18.9. The molecule has 0 saturated carbocycles. The van der Waals surface area contributed by atoms with Crippen LogP contribution in [-0.2, 0) is 0 Å². The normalized spacial score (nSPS) is 11.6. The molecule has 2 aromatic heterocycles. The molecule has 0 aliphatic carbocycles. The number of para-hydroxylation sites is 2. The van der Waals surface area contributed by atoms with Crippen molar-refractivity contribution in [3.63, 3.8) is 0 Å². The van der Waals surface area contributed by atoms with Gasteiger partial charge in [0, 0.05) is 39.1 Å². The number of rotatable bonds is 4. The average molecular weight is 427 g/mol. The maximum Gasteiger partial charge on any atom is 0.0459 e. The van der Waals surface area contributed by atoms with Crippen molar-refractivity contribution in [2.45, 2.75) is 19.8 Å². The van der Waals surface area contributed by atoms with E-state index in [1.54, 1.807) is 0 Å². The van der Waals surface area contributed by atoms with Gasteiger partial charge < -0.3 is 9.97 Å². The summed E-state index contributed by atoms with van der Waals surface area (Å²) >= 11 is 0. The van der Waals surface area contributed by atoms with Crippen molar-refractivity contribution in [3.05, 3.63) is 131 Å². The van der Waals surface area contributed by atoms with Gasteiger partial charge in [0.15, 0.2) is 0 Å². The predicted octanol–water partition coefficient (Wildman–Crippen LogP) is 8.11. The summed E-state index contributed by atoms with van der Waals surface area (Å²) in [6, 6.07) is 37.0. The highest BCUT2D eigenvalue weighted by Crippen LogP contribution is 2.42. The van der Waals surface area contributed by atoms with Crippen LogP contribution in [0.2, 0.25) is 0 Å². The first kappa shape index (κ1) is 19.6. The van der Waals surface area contributed by atoms with Crippen LogP contribution in [0.1, 0.15) is 34.0 Å². The molecule has 2 heterocycles. The quantitative estimate of drug-likeness (QED) is 0.285. The number of hydrogen-bond donors (Lipinski definition) is 2. The van der Waals surface area contributed by atoms with Gasteiger partial charge in [-0.2, -0.15) is 0 Å². The van der Waals surface area contributed by atoms with Crippen molar-refractivity contribution >= 4 is 21.8 Å². The largest absolute Gasteiger partial charge is 0.358 e. The fourth-order valence-corrected chi connectivity index (χ4v) is 5.32. The number of nitrogens with one attached hydrogen (secondary N) is 2. The minimum absolute atomic E-state index is 0.127. The van der Waals surface area contributed by atoms with E-state index in [-0.39, 0.29) is 5.92 Å². The van der Waals surface area contributed by atoms with Gasteiger partial charge in [-0.25, -0.2) is 0 Å². The van der Waals surface area contributed by atoms with E-state index in [0.29, 0.717) is 0 Å². The molecule has 2 heteroatoms. The Bertz CT molecular complexity index is 1490. The van der Waals surface area contributed by atoms with Gasteiger partial charge >= 0.3 is 0 Å². The molecule has 0 radical (unpaired) electrons. The zero-order chi connectivity index (χ0) is 22.4. The fraction of sp³-hybridized carbons (Fsp3) is 0.0968. The van der Waals surface area contributed by atoms with Gasteiger partial charge in [-0.3, -0.25) is 0 Å². The number of benzene rings is 4. The SMILES string of the molecule is Cc1[nH]c2ccccc2c1C(c1ccc(-c2ccccc2)cc1)c1c(C)[nH]c2ccccc12. The van der Waals surface area contributed by atoms with E-state index >= 15 is 0 Å². The lowest BCUT2D eigenvalue weighted by molar-refractivity contribution is 0.962. The highest BCUT2D eigenvalue weighted by atomic mass is 14.7. The van der Waals surface area contributed by atoms with Crippen LogP contribution in [-0.4, -0.2) is 9.97 Å². The third kappa shape index (κ3) is 3.27. The Morgan fingerprint density at radius 3 is 1.48 bits per heavy atom. The van der Waals surface area contributed by atoms with Gasteiger partial charge in [-0.05, 0) is 53.8 Å². The molecule has 0 atom stereocenters. The highest BCUT2D eigenvalue weighted by molar-refractivity contribution is 5.91. The molecule has 4 aromatic carbocycles. The maximum absolute atomic E-state index is 3.63. The van der Waals surface area contributed by atoms with Crippen molar-refractivity contribution in [2.24, 2.45) is 0 Å². The maximum atomic E-state index is 3.63. The third-order valence-corrected chi connectivity index (χ3v) is 6.82. The summed E-state index contributed by atoms with van der Waals surface area (Å²) in [5, 5.41) is 2.58. The Morgan fingerprint density at radius 2 is 0.939 bits per heavy atom. The third-order valence-electron chi connectivity index (χ3n) is 6.82. The number of aromatic nitrogens is 2. The van der Waals surface area contributed by atoms with Gasteiger partial charge in [0.25, 0.3) is 0 Å². The summed E-state index contributed by atoms with van der Waals surface area (Å²) in [7, 11) is 0. The van der Waals surface area contributed by atoms with Crippen LogP contribution < -0.4 is 0 Å². The smallest absolute Gasteiger partial charge is 0.0459 e. The first-order valence-electron chi connectivity index (χ1n) is 11.5. The molecule has 6 rings (SSSR count). The number of fused-ring (bicyclic) bond motifs is 2. The van der Waals surface area contributed by atoms with Crippen LogP contribution in [0.4, 0.5) is 0 Å². The molecule has 0 saturated heterocycles. The number of aryl methyl sites for hydroxylation is 2. The molecule has 0 bridgehead atoms. The average Bonchev–Trinajstić information content (AvgIpc) is 3.36. The van der Waals surface area contributed by atoms with Crippen molar-refractivity contribution < 1.29 is 0 Å². The second-order valence-corrected chi connectivity index (χ2v) is 8.84. The molecule has 6 aromatic rings. The minimum atomic E-state index is 0.127. The lowest BCUT2D eigenvalue weighted by Gasteiger charge is -2.20. The topological polar surface area (TPSA) is 31.6 Å². The summed E-state index contributed by atoms with van der Waals surface area (Å²) < 4.78 is 0. The van der Waals surface area contributed by atoms with Gasteiger partial charge in [0.05, 0.1) is 0 Å². The van der Waals surface area contributed by atoms with Crippen molar-refractivity contribution in [3.8, 4) is 11.1 Å². The number of hydrogen-bond acceptors (Lipinski definition) is 0. The second kappa shape index (κ2) is 7.83.